The lowest BCUT2D eigenvalue weighted by atomic mass is 10.1. The Bertz CT molecular complexity index is 1390. The number of furan rings is 1. The Labute approximate surface area is 189 Å². The highest BCUT2D eigenvalue weighted by Crippen LogP contribution is 2.31. The van der Waals surface area contributed by atoms with E-state index in [0.717, 1.165) is 23.4 Å². The molecule has 32 heavy (non-hydrogen) atoms. The molecular weight excluding hydrogens is 422 g/mol. The van der Waals surface area contributed by atoms with E-state index >= 15 is 0 Å². The Morgan fingerprint density at radius 1 is 1.12 bits per heavy atom. The van der Waals surface area contributed by atoms with Crippen LogP contribution in [0.25, 0.3) is 21.8 Å². The van der Waals surface area contributed by atoms with Crippen molar-refractivity contribution in [3.8, 4) is 0 Å². The first kappa shape index (κ1) is 20.4. The number of benzene rings is 2. The highest BCUT2D eigenvalue weighted by atomic mass is 32.2. The van der Waals surface area contributed by atoms with Crippen molar-refractivity contribution in [2.45, 2.75) is 37.3 Å². The Morgan fingerprint density at radius 2 is 1.97 bits per heavy atom. The van der Waals surface area contributed by atoms with Gasteiger partial charge >= 0.3 is 0 Å². The Morgan fingerprint density at radius 3 is 2.78 bits per heavy atom. The molecule has 0 saturated carbocycles. The summed E-state index contributed by atoms with van der Waals surface area (Å²) in [7, 11) is 0. The summed E-state index contributed by atoms with van der Waals surface area (Å²) in [6.45, 7) is 5.43. The molecule has 7 nitrogen and oxygen atoms in total. The maximum Gasteiger partial charge on any atom is 0.237 e. The van der Waals surface area contributed by atoms with Gasteiger partial charge in [-0.3, -0.25) is 4.79 Å². The van der Waals surface area contributed by atoms with Gasteiger partial charge in [0.1, 0.15) is 12.1 Å². The molecule has 3 heterocycles. The molecule has 8 heteroatoms. The van der Waals surface area contributed by atoms with Crippen LogP contribution in [0, 0.1) is 0 Å². The van der Waals surface area contributed by atoms with Gasteiger partial charge in [-0.25, -0.2) is 0 Å². The molecule has 1 atom stereocenters. The van der Waals surface area contributed by atoms with Crippen LogP contribution in [0.2, 0.25) is 0 Å². The van der Waals surface area contributed by atoms with Crippen LogP contribution in [0.1, 0.15) is 19.6 Å². The summed E-state index contributed by atoms with van der Waals surface area (Å²) in [5.74, 6) is 0.726. The molecule has 0 fully saturated rings. The van der Waals surface area contributed by atoms with Crippen molar-refractivity contribution in [2.24, 2.45) is 0 Å². The van der Waals surface area contributed by atoms with Gasteiger partial charge in [0.15, 0.2) is 5.16 Å². The van der Waals surface area contributed by atoms with Gasteiger partial charge in [0.25, 0.3) is 0 Å². The molecule has 1 amide bonds. The largest absolute Gasteiger partial charge is 0.467 e. The van der Waals surface area contributed by atoms with Crippen molar-refractivity contribution in [2.75, 3.05) is 5.32 Å². The Kier molecular flexibility index (Phi) is 5.45. The molecule has 0 spiro atoms. The first-order valence-corrected chi connectivity index (χ1v) is 11.4. The summed E-state index contributed by atoms with van der Waals surface area (Å²) in [5.41, 5.74) is 3.15. The van der Waals surface area contributed by atoms with Crippen LogP contribution in [-0.2, 0) is 17.9 Å². The highest BCUT2D eigenvalue weighted by Gasteiger charge is 2.19. The molecule has 1 N–H and O–H groups in total. The zero-order valence-corrected chi connectivity index (χ0v) is 18.7. The zero-order chi connectivity index (χ0) is 22.1. The molecule has 0 saturated heterocycles. The maximum atomic E-state index is 12.9. The number of carbonyl (C=O) groups is 1. The van der Waals surface area contributed by atoms with Crippen LogP contribution >= 0.6 is 11.8 Å². The molecule has 0 aliphatic rings. The fourth-order valence-electron chi connectivity index (χ4n) is 3.94. The number of aryl methyl sites for hydroxylation is 1. The van der Waals surface area contributed by atoms with Crippen molar-refractivity contribution < 1.29 is 9.21 Å². The van der Waals surface area contributed by atoms with Crippen molar-refractivity contribution >= 4 is 45.2 Å². The summed E-state index contributed by atoms with van der Waals surface area (Å²) >= 11 is 1.37. The van der Waals surface area contributed by atoms with E-state index in [1.165, 1.54) is 28.2 Å². The second-order valence-electron chi connectivity index (χ2n) is 7.56. The number of thioether (sulfide) groups is 1. The van der Waals surface area contributed by atoms with Gasteiger partial charge in [-0.05, 0) is 50.2 Å². The minimum atomic E-state index is -0.345. The summed E-state index contributed by atoms with van der Waals surface area (Å²) in [6, 6.07) is 18.2. The lowest BCUT2D eigenvalue weighted by Crippen LogP contribution is -2.23. The van der Waals surface area contributed by atoms with Gasteiger partial charge in [0, 0.05) is 34.0 Å². The molecule has 0 bridgehead atoms. The average molecular weight is 446 g/mol. The first-order valence-electron chi connectivity index (χ1n) is 10.5. The van der Waals surface area contributed by atoms with E-state index in [9.17, 15) is 4.79 Å². The first-order chi connectivity index (χ1) is 15.6. The lowest BCUT2D eigenvalue weighted by Gasteiger charge is -2.12. The number of carbonyl (C=O) groups excluding carboxylic acids is 1. The van der Waals surface area contributed by atoms with Gasteiger partial charge in [-0.2, -0.15) is 0 Å². The standard InChI is InChI=1S/C24H23N5O2S/c1-3-29-21-9-5-4-8-19(21)20-13-17(10-11-22(20)29)26-23(30)16(2)32-24-27-25-15-28(24)14-18-7-6-12-31-18/h4-13,15-16H,3,14H2,1-2H3,(H,26,30). The second kappa shape index (κ2) is 8.55. The molecule has 0 aliphatic carbocycles. The molecule has 2 aromatic carbocycles. The van der Waals surface area contributed by atoms with Crippen molar-refractivity contribution in [3.05, 3.63) is 72.9 Å². The topological polar surface area (TPSA) is 77.9 Å². The van der Waals surface area contributed by atoms with E-state index < -0.39 is 0 Å². The maximum absolute atomic E-state index is 12.9. The average Bonchev–Trinajstić information content (AvgIpc) is 3.54. The molecular formula is C24H23N5O2S. The normalized spacial score (nSPS) is 12.4. The highest BCUT2D eigenvalue weighted by molar-refractivity contribution is 8.00. The predicted octanol–water partition coefficient (Wildman–Crippen LogP) is 5.17. The number of rotatable bonds is 7. The molecule has 3 aromatic heterocycles. The van der Waals surface area contributed by atoms with Gasteiger partial charge in [-0.1, -0.05) is 30.0 Å². The number of fused-ring (bicyclic) bond motifs is 3. The van der Waals surface area contributed by atoms with E-state index in [4.69, 9.17) is 4.42 Å². The fraction of sp³-hybridized carbons (Fsp3) is 0.208. The second-order valence-corrected chi connectivity index (χ2v) is 8.87. The number of hydrogen-bond donors (Lipinski definition) is 1. The monoisotopic (exact) mass is 445 g/mol. The third kappa shape index (κ3) is 3.78. The number of para-hydroxylation sites is 1. The number of nitrogens with one attached hydrogen (secondary N) is 1. The van der Waals surface area contributed by atoms with E-state index in [2.05, 4.69) is 57.3 Å². The quantitative estimate of drug-likeness (QED) is 0.350. The third-order valence-electron chi connectivity index (χ3n) is 5.49. The Balaban J connectivity index is 1.34. The Hall–Kier alpha value is -3.52. The van der Waals surface area contributed by atoms with Crippen LogP contribution in [0.15, 0.2) is 76.8 Å². The van der Waals surface area contributed by atoms with Gasteiger partial charge in [0.2, 0.25) is 5.91 Å². The van der Waals surface area contributed by atoms with Gasteiger partial charge in [0.05, 0.1) is 18.1 Å². The summed E-state index contributed by atoms with van der Waals surface area (Å²) in [5, 5.41) is 13.9. The molecule has 162 valence electrons. The van der Waals surface area contributed by atoms with E-state index in [-0.39, 0.29) is 11.2 Å². The number of anilines is 1. The van der Waals surface area contributed by atoms with Crippen LogP contribution in [0.5, 0.6) is 0 Å². The van der Waals surface area contributed by atoms with E-state index in [0.29, 0.717) is 11.7 Å². The van der Waals surface area contributed by atoms with Crippen molar-refractivity contribution in [1.82, 2.24) is 19.3 Å². The predicted molar refractivity (Wildman–Crippen MR) is 127 cm³/mol. The minimum absolute atomic E-state index is 0.0823. The van der Waals surface area contributed by atoms with Crippen LogP contribution in [-0.4, -0.2) is 30.5 Å². The lowest BCUT2D eigenvalue weighted by molar-refractivity contribution is -0.115. The smallest absolute Gasteiger partial charge is 0.237 e. The van der Waals surface area contributed by atoms with Crippen molar-refractivity contribution in [3.63, 3.8) is 0 Å². The minimum Gasteiger partial charge on any atom is -0.467 e. The van der Waals surface area contributed by atoms with Crippen molar-refractivity contribution in [1.29, 1.82) is 0 Å². The summed E-state index contributed by atoms with van der Waals surface area (Å²) < 4.78 is 9.57. The molecule has 1 unspecified atom stereocenters. The van der Waals surface area contributed by atoms with Crippen LogP contribution < -0.4 is 5.32 Å². The molecule has 5 rings (SSSR count). The number of amides is 1. The SMILES string of the molecule is CCn1c2ccccc2c2cc(NC(=O)C(C)Sc3nncn3Cc3ccco3)ccc21. The number of aromatic nitrogens is 4. The van der Waals surface area contributed by atoms with Crippen LogP contribution in [0.4, 0.5) is 5.69 Å². The number of nitrogens with zero attached hydrogens (tertiary/aromatic N) is 4. The van der Waals surface area contributed by atoms with Gasteiger partial charge in [-0.15, -0.1) is 10.2 Å². The van der Waals surface area contributed by atoms with E-state index in [1.807, 2.05) is 35.8 Å². The molecule has 0 radical (unpaired) electrons. The van der Waals surface area contributed by atoms with Gasteiger partial charge < -0.3 is 18.9 Å². The van der Waals surface area contributed by atoms with E-state index in [1.54, 1.807) is 12.6 Å². The fourth-order valence-corrected chi connectivity index (χ4v) is 4.77. The summed E-state index contributed by atoms with van der Waals surface area (Å²) in [6.07, 6.45) is 3.28. The third-order valence-corrected chi connectivity index (χ3v) is 6.59. The zero-order valence-electron chi connectivity index (χ0n) is 17.9. The van der Waals surface area contributed by atoms with Crippen LogP contribution in [0.3, 0.4) is 0 Å². The summed E-state index contributed by atoms with van der Waals surface area (Å²) in [4.78, 5) is 12.9. The number of hydrogen-bond acceptors (Lipinski definition) is 5. The molecule has 0 aliphatic heterocycles. The molecule has 5 aromatic rings.